The normalized spacial score (nSPS) is 11.9. The molecule has 3 rings (SSSR count). The number of carbonyl (C=O) groups excluding carboxylic acids is 1. The lowest BCUT2D eigenvalue weighted by atomic mass is 9.93. The van der Waals surface area contributed by atoms with E-state index >= 15 is 0 Å². The summed E-state index contributed by atoms with van der Waals surface area (Å²) >= 11 is 0. The monoisotopic (exact) mass is 501 g/mol. The molecule has 5 heteroatoms. The van der Waals surface area contributed by atoms with Gasteiger partial charge in [0.05, 0.1) is 6.04 Å². The largest absolute Gasteiger partial charge is 0.489 e. The molecular weight excluding hydrogens is 462 g/mol. The second-order valence-electron chi connectivity index (χ2n) is 10.4. The molecular formula is C32H39NO4. The molecule has 0 saturated carbocycles. The van der Waals surface area contributed by atoms with E-state index in [0.29, 0.717) is 29.4 Å². The zero-order valence-corrected chi connectivity index (χ0v) is 22.9. The topological polar surface area (TPSA) is 75.6 Å². The predicted octanol–water partition coefficient (Wildman–Crippen LogP) is 7.03. The first kappa shape index (κ1) is 28.0. The number of benzene rings is 3. The average Bonchev–Trinajstić information content (AvgIpc) is 2.82. The van der Waals surface area contributed by atoms with Gasteiger partial charge in [0.25, 0.3) is 5.91 Å². The van der Waals surface area contributed by atoms with E-state index in [1.165, 1.54) is 11.1 Å². The van der Waals surface area contributed by atoms with Crippen LogP contribution in [0.4, 0.5) is 0 Å². The van der Waals surface area contributed by atoms with E-state index in [0.717, 1.165) is 28.7 Å². The molecule has 0 heterocycles. The van der Waals surface area contributed by atoms with Crippen LogP contribution in [0.25, 0.3) is 0 Å². The van der Waals surface area contributed by atoms with E-state index in [1.54, 1.807) is 6.07 Å². The first-order valence-electron chi connectivity index (χ1n) is 12.9. The van der Waals surface area contributed by atoms with Gasteiger partial charge in [0.1, 0.15) is 12.4 Å². The summed E-state index contributed by atoms with van der Waals surface area (Å²) in [6.07, 6.45) is 1.02. The van der Waals surface area contributed by atoms with Crippen molar-refractivity contribution in [2.75, 3.05) is 0 Å². The highest BCUT2D eigenvalue weighted by atomic mass is 16.5. The molecule has 0 aliphatic rings. The summed E-state index contributed by atoms with van der Waals surface area (Å²) in [4.78, 5) is 24.9. The molecule has 1 amide bonds. The summed E-state index contributed by atoms with van der Waals surface area (Å²) in [6.45, 7) is 12.9. The van der Waals surface area contributed by atoms with Crippen LogP contribution in [0.2, 0.25) is 0 Å². The van der Waals surface area contributed by atoms with E-state index in [1.807, 2.05) is 24.3 Å². The molecule has 0 aliphatic carbocycles. The lowest BCUT2D eigenvalue weighted by Crippen LogP contribution is -2.30. The van der Waals surface area contributed by atoms with Gasteiger partial charge in [-0.15, -0.1) is 0 Å². The van der Waals surface area contributed by atoms with Crippen molar-refractivity contribution in [2.45, 2.75) is 73.5 Å². The number of rotatable bonds is 11. The third-order valence-corrected chi connectivity index (χ3v) is 6.70. The summed E-state index contributed by atoms with van der Waals surface area (Å²) < 4.78 is 6.09. The summed E-state index contributed by atoms with van der Waals surface area (Å²) in [6, 6.07) is 17.7. The van der Waals surface area contributed by atoms with E-state index in [9.17, 15) is 14.7 Å². The first-order valence-corrected chi connectivity index (χ1v) is 12.9. The number of ether oxygens (including phenoxy) is 1. The fraction of sp³-hybridized carbons (Fsp3) is 0.375. The molecule has 37 heavy (non-hydrogen) atoms. The van der Waals surface area contributed by atoms with E-state index in [-0.39, 0.29) is 24.8 Å². The van der Waals surface area contributed by atoms with Crippen LogP contribution in [0.15, 0.2) is 54.6 Å². The number of aryl methyl sites for hydroxylation is 4. The van der Waals surface area contributed by atoms with Gasteiger partial charge in [-0.2, -0.15) is 0 Å². The van der Waals surface area contributed by atoms with Crippen molar-refractivity contribution in [3.05, 3.63) is 99.1 Å². The number of carboxylic acid groups (broad SMARTS) is 1. The summed E-state index contributed by atoms with van der Waals surface area (Å²) in [7, 11) is 0. The van der Waals surface area contributed by atoms with E-state index in [4.69, 9.17) is 4.74 Å². The predicted molar refractivity (Wildman–Crippen MR) is 148 cm³/mol. The van der Waals surface area contributed by atoms with Crippen molar-refractivity contribution in [1.82, 2.24) is 5.32 Å². The Labute approximate surface area is 220 Å². The highest BCUT2D eigenvalue weighted by Crippen LogP contribution is 2.26. The van der Waals surface area contributed by atoms with Crippen LogP contribution in [0, 0.1) is 33.6 Å². The van der Waals surface area contributed by atoms with Gasteiger partial charge in [-0.3, -0.25) is 9.59 Å². The molecule has 5 nitrogen and oxygen atoms in total. The Balaban J connectivity index is 1.90. The van der Waals surface area contributed by atoms with Crippen LogP contribution in [0.3, 0.4) is 0 Å². The Morgan fingerprint density at radius 3 is 2.27 bits per heavy atom. The van der Waals surface area contributed by atoms with Crippen LogP contribution in [0.5, 0.6) is 5.75 Å². The minimum Gasteiger partial charge on any atom is -0.489 e. The molecule has 1 unspecified atom stereocenters. The fourth-order valence-corrected chi connectivity index (χ4v) is 4.64. The maximum absolute atomic E-state index is 13.7. The lowest BCUT2D eigenvalue weighted by Gasteiger charge is -2.23. The summed E-state index contributed by atoms with van der Waals surface area (Å²) in [5, 5.41) is 12.5. The molecule has 0 saturated heterocycles. The van der Waals surface area contributed by atoms with Crippen molar-refractivity contribution >= 4 is 11.9 Å². The number of hydrogen-bond acceptors (Lipinski definition) is 3. The van der Waals surface area contributed by atoms with E-state index in [2.05, 4.69) is 71.1 Å². The van der Waals surface area contributed by atoms with Gasteiger partial charge in [-0.1, -0.05) is 67.4 Å². The van der Waals surface area contributed by atoms with Crippen molar-refractivity contribution in [2.24, 2.45) is 5.92 Å². The fourth-order valence-electron chi connectivity index (χ4n) is 4.64. The highest BCUT2D eigenvalue weighted by Gasteiger charge is 2.21. The Morgan fingerprint density at radius 1 is 0.919 bits per heavy atom. The van der Waals surface area contributed by atoms with Crippen molar-refractivity contribution in [3.63, 3.8) is 0 Å². The van der Waals surface area contributed by atoms with Crippen LogP contribution in [0.1, 0.15) is 82.0 Å². The molecule has 0 bridgehead atoms. The Kier molecular flexibility index (Phi) is 9.51. The van der Waals surface area contributed by atoms with Crippen LogP contribution in [-0.2, 0) is 17.8 Å². The number of carbonyl (C=O) groups is 2. The smallest absolute Gasteiger partial charge is 0.303 e. The average molecular weight is 502 g/mol. The van der Waals surface area contributed by atoms with E-state index < -0.39 is 5.97 Å². The zero-order valence-electron chi connectivity index (χ0n) is 22.9. The number of aliphatic carboxylic acids is 1. The van der Waals surface area contributed by atoms with Crippen molar-refractivity contribution in [1.29, 1.82) is 0 Å². The third kappa shape index (κ3) is 7.94. The number of carboxylic acids is 1. The van der Waals surface area contributed by atoms with Crippen LogP contribution >= 0.6 is 0 Å². The third-order valence-electron chi connectivity index (χ3n) is 6.70. The van der Waals surface area contributed by atoms with Gasteiger partial charge in [0, 0.05) is 12.0 Å². The minimum absolute atomic E-state index is 0.0462. The van der Waals surface area contributed by atoms with Gasteiger partial charge < -0.3 is 15.2 Å². The minimum atomic E-state index is -0.894. The van der Waals surface area contributed by atoms with Gasteiger partial charge >= 0.3 is 5.97 Å². The quantitative estimate of drug-likeness (QED) is 0.296. The first-order chi connectivity index (χ1) is 17.5. The lowest BCUT2D eigenvalue weighted by molar-refractivity contribution is -0.136. The van der Waals surface area contributed by atoms with Crippen LogP contribution in [-0.4, -0.2) is 17.0 Å². The maximum atomic E-state index is 13.7. The number of hydrogen-bond donors (Lipinski definition) is 2. The van der Waals surface area contributed by atoms with Gasteiger partial charge in [-0.25, -0.2) is 0 Å². The zero-order chi connectivity index (χ0) is 27.1. The summed E-state index contributed by atoms with van der Waals surface area (Å²) in [5.74, 6) is -0.154. The molecule has 3 aromatic rings. The Hall–Kier alpha value is -3.60. The van der Waals surface area contributed by atoms with Gasteiger partial charge in [0.2, 0.25) is 0 Å². The Bertz CT molecular complexity index is 1240. The molecule has 0 spiro atoms. The second-order valence-corrected chi connectivity index (χ2v) is 10.4. The molecule has 0 aliphatic heterocycles. The van der Waals surface area contributed by atoms with Crippen molar-refractivity contribution in [3.8, 4) is 5.75 Å². The SMILES string of the molecule is Cc1cc(C)cc(C(CC(C)C)NC(=O)c2cc(OCc3cccc(C)c3C)ccc2CCC(=O)O)c1. The molecule has 1 atom stereocenters. The maximum Gasteiger partial charge on any atom is 0.303 e. The highest BCUT2D eigenvalue weighted by molar-refractivity contribution is 5.96. The van der Waals surface area contributed by atoms with Gasteiger partial charge in [0.15, 0.2) is 0 Å². The molecule has 196 valence electrons. The molecule has 0 radical (unpaired) electrons. The molecule has 2 N–H and O–H groups in total. The molecule has 0 aromatic heterocycles. The number of amides is 1. The van der Waals surface area contributed by atoms with Crippen LogP contribution < -0.4 is 10.1 Å². The number of nitrogens with one attached hydrogen (secondary N) is 1. The second kappa shape index (κ2) is 12.6. The van der Waals surface area contributed by atoms with Gasteiger partial charge in [-0.05, 0) is 86.4 Å². The molecule has 3 aromatic carbocycles. The summed E-state index contributed by atoms with van der Waals surface area (Å²) in [5.41, 5.74) is 8.02. The standard InChI is InChI=1S/C32H39NO4/c1-20(2)14-30(27-16-21(3)15-22(4)17-27)33-32(36)29-18-28(12-10-25(29)11-13-31(34)35)37-19-26-9-7-8-23(5)24(26)6/h7-10,12,15-18,20,30H,11,13-14,19H2,1-6H3,(H,33,36)(H,34,35). The Morgan fingerprint density at radius 2 is 1.62 bits per heavy atom. The molecule has 0 fully saturated rings. The van der Waals surface area contributed by atoms with Crippen molar-refractivity contribution < 1.29 is 19.4 Å².